The fourth-order valence-corrected chi connectivity index (χ4v) is 2.18. The highest BCUT2D eigenvalue weighted by Crippen LogP contribution is 2.26. The molecule has 14 heavy (non-hydrogen) atoms. The molecular formula is C6H9N3O3S2. The van der Waals surface area contributed by atoms with Crippen molar-refractivity contribution in [2.24, 2.45) is 0 Å². The molecule has 0 amide bonds. The van der Waals surface area contributed by atoms with Gasteiger partial charge in [0.15, 0.2) is 9.94 Å². The van der Waals surface area contributed by atoms with Gasteiger partial charge < -0.3 is 15.9 Å². The molecule has 1 heterocycles. The summed E-state index contributed by atoms with van der Waals surface area (Å²) in [6.45, 7) is 1.23. The smallest absolute Gasteiger partial charge is 0.336 e. The Labute approximate surface area is 88.2 Å². The van der Waals surface area contributed by atoms with E-state index in [-0.39, 0.29) is 5.75 Å². The topological polar surface area (TPSA) is 109 Å². The Hall–Kier alpha value is -0.860. The van der Waals surface area contributed by atoms with Crippen LogP contribution < -0.4 is 5.73 Å². The molecule has 1 aromatic rings. The molecule has 1 unspecified atom stereocenters. The summed E-state index contributed by atoms with van der Waals surface area (Å²) in [5, 5.41) is 25.5. The SMILES string of the molecule is CC(O)(CSc1nnc(N)s1)C(=O)O. The molecule has 1 aromatic heterocycles. The van der Waals surface area contributed by atoms with E-state index >= 15 is 0 Å². The standard InChI is InChI=1S/C6H9N3O3S2/c1-6(12,3(10)11)2-13-5-9-8-4(7)14-5/h12H,2H2,1H3,(H2,7,8)(H,10,11). The number of thioether (sulfide) groups is 1. The molecule has 78 valence electrons. The van der Waals surface area contributed by atoms with Crippen molar-refractivity contribution in [3.63, 3.8) is 0 Å². The lowest BCUT2D eigenvalue weighted by atomic mass is 10.1. The van der Waals surface area contributed by atoms with Crippen molar-refractivity contribution in [3.8, 4) is 0 Å². The maximum Gasteiger partial charge on any atom is 0.336 e. The Bertz CT molecular complexity index is 339. The van der Waals surface area contributed by atoms with Crippen molar-refractivity contribution < 1.29 is 15.0 Å². The minimum absolute atomic E-state index is 0.0109. The van der Waals surface area contributed by atoms with Crippen LogP contribution in [0.5, 0.6) is 0 Å². The van der Waals surface area contributed by atoms with Gasteiger partial charge in [0.25, 0.3) is 0 Å². The molecule has 0 aliphatic heterocycles. The van der Waals surface area contributed by atoms with Crippen molar-refractivity contribution in [2.75, 3.05) is 11.5 Å². The number of nitrogens with zero attached hydrogens (tertiary/aromatic N) is 2. The molecular weight excluding hydrogens is 226 g/mol. The third-order valence-electron chi connectivity index (χ3n) is 1.36. The highest BCUT2D eigenvalue weighted by Gasteiger charge is 2.30. The van der Waals surface area contributed by atoms with Crippen LogP contribution in [0.3, 0.4) is 0 Å². The summed E-state index contributed by atoms with van der Waals surface area (Å²) in [5.41, 5.74) is 3.57. The predicted octanol–water partition coefficient (Wildman–Crippen LogP) is 0.0480. The quantitative estimate of drug-likeness (QED) is 0.632. The summed E-state index contributed by atoms with van der Waals surface area (Å²) in [5.74, 6) is -1.25. The molecule has 0 aliphatic carbocycles. The number of hydrogen-bond donors (Lipinski definition) is 3. The van der Waals surface area contributed by atoms with E-state index in [0.717, 1.165) is 23.1 Å². The Morgan fingerprint density at radius 2 is 2.36 bits per heavy atom. The van der Waals surface area contributed by atoms with E-state index in [1.54, 1.807) is 0 Å². The normalized spacial score (nSPS) is 15.0. The van der Waals surface area contributed by atoms with Gasteiger partial charge in [-0.15, -0.1) is 10.2 Å². The van der Waals surface area contributed by atoms with E-state index in [2.05, 4.69) is 10.2 Å². The Morgan fingerprint density at radius 1 is 1.71 bits per heavy atom. The second-order valence-corrected chi connectivity index (χ2v) is 5.01. The first-order valence-electron chi connectivity index (χ1n) is 3.59. The lowest BCUT2D eigenvalue weighted by molar-refractivity contribution is -0.154. The predicted molar refractivity (Wildman–Crippen MR) is 53.3 cm³/mol. The average Bonchev–Trinajstić information content (AvgIpc) is 2.48. The molecule has 0 aliphatic rings. The molecule has 1 atom stereocenters. The summed E-state index contributed by atoms with van der Waals surface area (Å²) in [7, 11) is 0. The molecule has 0 saturated carbocycles. The van der Waals surface area contributed by atoms with Crippen molar-refractivity contribution >= 4 is 34.2 Å². The number of carboxylic acid groups (broad SMARTS) is 1. The minimum atomic E-state index is -1.76. The van der Waals surface area contributed by atoms with Crippen LogP contribution in [0, 0.1) is 0 Å². The molecule has 8 heteroatoms. The molecule has 0 aromatic carbocycles. The summed E-state index contributed by atoms with van der Waals surface area (Å²) in [4.78, 5) is 10.5. The van der Waals surface area contributed by atoms with Crippen molar-refractivity contribution in [2.45, 2.75) is 16.9 Å². The lowest BCUT2D eigenvalue weighted by Gasteiger charge is -2.15. The number of carbonyl (C=O) groups is 1. The van der Waals surface area contributed by atoms with Gasteiger partial charge in [-0.05, 0) is 6.92 Å². The summed E-state index contributed by atoms with van der Waals surface area (Å²) >= 11 is 2.27. The molecule has 1 rings (SSSR count). The van der Waals surface area contributed by atoms with Gasteiger partial charge in [0.2, 0.25) is 5.13 Å². The highest BCUT2D eigenvalue weighted by molar-refractivity contribution is 8.01. The van der Waals surface area contributed by atoms with E-state index in [1.165, 1.54) is 6.92 Å². The first-order valence-corrected chi connectivity index (χ1v) is 5.39. The minimum Gasteiger partial charge on any atom is -0.479 e. The zero-order valence-corrected chi connectivity index (χ0v) is 8.93. The van der Waals surface area contributed by atoms with E-state index in [9.17, 15) is 9.90 Å². The van der Waals surface area contributed by atoms with Crippen molar-refractivity contribution in [1.82, 2.24) is 10.2 Å². The van der Waals surface area contributed by atoms with Crippen LogP contribution in [-0.2, 0) is 4.79 Å². The van der Waals surface area contributed by atoms with Crippen LogP contribution in [-0.4, -0.2) is 37.7 Å². The van der Waals surface area contributed by atoms with Gasteiger partial charge in [-0.25, -0.2) is 4.79 Å². The van der Waals surface area contributed by atoms with E-state index in [1.807, 2.05) is 0 Å². The zero-order valence-electron chi connectivity index (χ0n) is 7.30. The Kier molecular flexibility index (Phi) is 3.29. The number of nitrogen functional groups attached to an aromatic ring is 1. The van der Waals surface area contributed by atoms with Crippen LogP contribution in [0.25, 0.3) is 0 Å². The molecule has 0 radical (unpaired) electrons. The van der Waals surface area contributed by atoms with Crippen LogP contribution in [0.4, 0.5) is 5.13 Å². The van der Waals surface area contributed by atoms with Crippen LogP contribution >= 0.6 is 23.1 Å². The van der Waals surface area contributed by atoms with E-state index in [4.69, 9.17) is 10.8 Å². The van der Waals surface area contributed by atoms with Crippen LogP contribution in [0.1, 0.15) is 6.92 Å². The number of anilines is 1. The number of carboxylic acids is 1. The number of aliphatic carboxylic acids is 1. The number of nitrogens with two attached hydrogens (primary N) is 1. The first kappa shape index (κ1) is 11.2. The molecule has 6 nitrogen and oxygen atoms in total. The monoisotopic (exact) mass is 235 g/mol. The maximum absolute atomic E-state index is 10.5. The second kappa shape index (κ2) is 4.11. The number of rotatable bonds is 4. The van der Waals surface area contributed by atoms with E-state index < -0.39 is 11.6 Å². The zero-order chi connectivity index (χ0) is 10.8. The maximum atomic E-state index is 10.5. The molecule has 0 spiro atoms. The highest BCUT2D eigenvalue weighted by atomic mass is 32.2. The number of aliphatic hydroxyl groups is 1. The van der Waals surface area contributed by atoms with Gasteiger partial charge in [-0.3, -0.25) is 0 Å². The molecule has 4 N–H and O–H groups in total. The fraction of sp³-hybridized carbons (Fsp3) is 0.500. The molecule has 0 fully saturated rings. The largest absolute Gasteiger partial charge is 0.479 e. The summed E-state index contributed by atoms with van der Waals surface area (Å²) in [6.07, 6.45) is 0. The number of aromatic nitrogens is 2. The van der Waals surface area contributed by atoms with Gasteiger partial charge in [-0.1, -0.05) is 23.1 Å². The lowest BCUT2D eigenvalue weighted by Crippen LogP contribution is -2.37. The first-order chi connectivity index (χ1) is 6.42. The second-order valence-electron chi connectivity index (χ2n) is 2.77. The summed E-state index contributed by atoms with van der Waals surface area (Å²) in [6, 6.07) is 0. The van der Waals surface area contributed by atoms with Crippen LogP contribution in [0.15, 0.2) is 4.34 Å². The van der Waals surface area contributed by atoms with Gasteiger partial charge >= 0.3 is 5.97 Å². The Morgan fingerprint density at radius 3 is 2.79 bits per heavy atom. The van der Waals surface area contributed by atoms with Crippen LogP contribution in [0.2, 0.25) is 0 Å². The summed E-state index contributed by atoms with van der Waals surface area (Å²) < 4.78 is 0.545. The molecule has 0 bridgehead atoms. The number of hydrogen-bond acceptors (Lipinski definition) is 7. The molecule has 0 saturated heterocycles. The van der Waals surface area contributed by atoms with Crippen molar-refractivity contribution in [1.29, 1.82) is 0 Å². The van der Waals surface area contributed by atoms with Gasteiger partial charge in [0.1, 0.15) is 0 Å². The van der Waals surface area contributed by atoms with Gasteiger partial charge in [0.05, 0.1) is 0 Å². The van der Waals surface area contributed by atoms with Gasteiger partial charge in [0, 0.05) is 5.75 Å². The van der Waals surface area contributed by atoms with E-state index in [0.29, 0.717) is 9.47 Å². The van der Waals surface area contributed by atoms with Gasteiger partial charge in [-0.2, -0.15) is 0 Å². The Balaban J connectivity index is 2.52. The van der Waals surface area contributed by atoms with Crippen molar-refractivity contribution in [3.05, 3.63) is 0 Å². The fourth-order valence-electron chi connectivity index (χ4n) is 0.543. The average molecular weight is 235 g/mol. The third kappa shape index (κ3) is 2.82. The third-order valence-corrected chi connectivity index (χ3v) is 3.55.